The molecule has 1 aromatic heterocycles. The lowest BCUT2D eigenvalue weighted by atomic mass is 10.0. The molecule has 0 aliphatic heterocycles. The molecular weight excluding hydrogens is 354 g/mol. The Morgan fingerprint density at radius 1 is 1.11 bits per heavy atom. The molecule has 0 fully saturated rings. The highest BCUT2D eigenvalue weighted by atomic mass is 32.2. The molecule has 0 atom stereocenters. The highest BCUT2D eigenvalue weighted by Gasteiger charge is 2.12. The van der Waals surface area contributed by atoms with Crippen molar-refractivity contribution in [1.29, 1.82) is 5.26 Å². The van der Waals surface area contributed by atoms with Crippen LogP contribution in [0.4, 0.5) is 5.69 Å². The largest absolute Gasteiger partial charge is 0.325 e. The van der Waals surface area contributed by atoms with Crippen LogP contribution in [0.15, 0.2) is 41.4 Å². The molecule has 0 unspecified atom stereocenters. The Balaban J connectivity index is 1.80. The van der Waals surface area contributed by atoms with Gasteiger partial charge in [-0.3, -0.25) is 4.79 Å². The molecule has 1 amide bonds. The monoisotopic (exact) mass is 375 g/mol. The van der Waals surface area contributed by atoms with Gasteiger partial charge in [0.15, 0.2) is 0 Å². The number of anilines is 1. The molecule has 0 aliphatic rings. The third-order valence-electron chi connectivity index (χ3n) is 4.44. The number of rotatable bonds is 4. The van der Waals surface area contributed by atoms with Crippen molar-refractivity contribution in [3.8, 4) is 6.07 Å². The number of carbonyl (C=O) groups is 1. The molecule has 0 radical (unpaired) electrons. The van der Waals surface area contributed by atoms with E-state index in [1.54, 1.807) is 0 Å². The Morgan fingerprint density at radius 2 is 1.81 bits per heavy atom. The normalized spacial score (nSPS) is 10.6. The van der Waals surface area contributed by atoms with E-state index in [1.165, 1.54) is 11.8 Å². The van der Waals surface area contributed by atoms with Crippen LogP contribution in [-0.2, 0) is 4.79 Å². The molecule has 3 rings (SSSR count). The van der Waals surface area contributed by atoms with Crippen LogP contribution in [-0.4, -0.2) is 16.6 Å². The number of carbonyl (C=O) groups excluding carboxylic acids is 1. The number of fused-ring (bicyclic) bond motifs is 1. The predicted molar refractivity (Wildman–Crippen MR) is 111 cm³/mol. The maximum Gasteiger partial charge on any atom is 0.234 e. The van der Waals surface area contributed by atoms with E-state index in [4.69, 9.17) is 0 Å². The quantitative estimate of drug-likeness (QED) is 0.647. The van der Waals surface area contributed by atoms with Crippen molar-refractivity contribution < 1.29 is 4.79 Å². The van der Waals surface area contributed by atoms with Crippen molar-refractivity contribution in [3.63, 3.8) is 0 Å². The number of thioether (sulfide) groups is 1. The van der Waals surface area contributed by atoms with E-state index in [9.17, 15) is 10.1 Å². The van der Waals surface area contributed by atoms with E-state index in [0.717, 1.165) is 38.8 Å². The summed E-state index contributed by atoms with van der Waals surface area (Å²) < 4.78 is 0. The molecular formula is C22H21N3OS. The number of nitriles is 1. The van der Waals surface area contributed by atoms with Gasteiger partial charge in [0.05, 0.1) is 16.8 Å². The van der Waals surface area contributed by atoms with Gasteiger partial charge < -0.3 is 5.32 Å². The van der Waals surface area contributed by atoms with E-state index < -0.39 is 0 Å². The third-order valence-corrected chi connectivity index (χ3v) is 5.43. The molecule has 136 valence electrons. The van der Waals surface area contributed by atoms with Crippen molar-refractivity contribution in [2.45, 2.75) is 32.7 Å². The number of aromatic nitrogens is 1. The zero-order chi connectivity index (χ0) is 19.6. The van der Waals surface area contributed by atoms with E-state index in [2.05, 4.69) is 22.4 Å². The van der Waals surface area contributed by atoms with Crippen LogP contribution in [0.1, 0.15) is 27.8 Å². The number of benzene rings is 2. The third kappa shape index (κ3) is 4.29. The second kappa shape index (κ2) is 7.81. The van der Waals surface area contributed by atoms with Crippen LogP contribution < -0.4 is 5.32 Å². The molecule has 1 heterocycles. The summed E-state index contributed by atoms with van der Waals surface area (Å²) in [6, 6.07) is 14.0. The molecule has 0 bridgehead atoms. The number of amides is 1. The summed E-state index contributed by atoms with van der Waals surface area (Å²) in [5.74, 6) is 0.0853. The Morgan fingerprint density at radius 3 is 2.48 bits per heavy atom. The molecule has 4 nitrogen and oxygen atoms in total. The van der Waals surface area contributed by atoms with Gasteiger partial charge in [-0.15, -0.1) is 0 Å². The van der Waals surface area contributed by atoms with Crippen LogP contribution >= 0.6 is 11.8 Å². The molecule has 0 saturated carbocycles. The summed E-state index contributed by atoms with van der Waals surface area (Å²) in [5, 5.41) is 13.9. The van der Waals surface area contributed by atoms with E-state index in [1.807, 2.05) is 58.0 Å². The highest BCUT2D eigenvalue weighted by Crippen LogP contribution is 2.27. The lowest BCUT2D eigenvalue weighted by Crippen LogP contribution is -2.14. The van der Waals surface area contributed by atoms with Crippen molar-refractivity contribution in [2.75, 3.05) is 11.1 Å². The van der Waals surface area contributed by atoms with E-state index in [0.29, 0.717) is 10.6 Å². The highest BCUT2D eigenvalue weighted by molar-refractivity contribution is 8.00. The van der Waals surface area contributed by atoms with Crippen LogP contribution in [0.3, 0.4) is 0 Å². The van der Waals surface area contributed by atoms with Gasteiger partial charge >= 0.3 is 0 Å². The van der Waals surface area contributed by atoms with Gasteiger partial charge in [0, 0.05) is 11.1 Å². The summed E-state index contributed by atoms with van der Waals surface area (Å²) in [5.41, 5.74) is 6.62. The minimum absolute atomic E-state index is 0.114. The molecule has 2 aromatic carbocycles. The standard InChI is InChI=1S/C22H21N3OS/c1-13-7-14(2)9-19(8-13)24-20(26)12-27-22-18(11-23)10-17-6-5-15(3)16(4)21(17)25-22/h5-10H,12H2,1-4H3,(H,24,26). The number of aryl methyl sites for hydroxylation is 4. The smallest absolute Gasteiger partial charge is 0.234 e. The van der Waals surface area contributed by atoms with Crippen LogP contribution in [0.5, 0.6) is 0 Å². The van der Waals surface area contributed by atoms with Gasteiger partial charge in [0.2, 0.25) is 5.91 Å². The minimum Gasteiger partial charge on any atom is -0.325 e. The molecule has 0 saturated heterocycles. The Bertz CT molecular complexity index is 1060. The Kier molecular flexibility index (Phi) is 5.48. The number of hydrogen-bond donors (Lipinski definition) is 1. The summed E-state index contributed by atoms with van der Waals surface area (Å²) in [6.07, 6.45) is 0. The van der Waals surface area contributed by atoms with Crippen LogP contribution in [0.2, 0.25) is 0 Å². The van der Waals surface area contributed by atoms with Crippen molar-refractivity contribution >= 4 is 34.3 Å². The van der Waals surface area contributed by atoms with Crippen LogP contribution in [0, 0.1) is 39.0 Å². The Hall–Kier alpha value is -2.84. The molecule has 0 aliphatic carbocycles. The summed E-state index contributed by atoms with van der Waals surface area (Å²) >= 11 is 1.29. The van der Waals surface area contributed by atoms with Gasteiger partial charge in [-0.1, -0.05) is 30.0 Å². The van der Waals surface area contributed by atoms with Crippen LogP contribution in [0.25, 0.3) is 10.9 Å². The lowest BCUT2D eigenvalue weighted by molar-refractivity contribution is -0.113. The zero-order valence-electron chi connectivity index (χ0n) is 15.9. The van der Waals surface area contributed by atoms with Gasteiger partial charge in [-0.2, -0.15) is 5.26 Å². The Labute approximate surface area is 163 Å². The van der Waals surface area contributed by atoms with Gasteiger partial charge in [-0.25, -0.2) is 4.98 Å². The maximum atomic E-state index is 12.4. The second-order valence-electron chi connectivity index (χ2n) is 6.75. The lowest BCUT2D eigenvalue weighted by Gasteiger charge is -2.10. The first-order valence-electron chi connectivity index (χ1n) is 8.69. The van der Waals surface area contributed by atoms with Gasteiger partial charge in [0.25, 0.3) is 0 Å². The fourth-order valence-corrected chi connectivity index (χ4v) is 3.79. The molecule has 0 spiro atoms. The molecule has 5 heteroatoms. The first-order valence-corrected chi connectivity index (χ1v) is 9.68. The maximum absolute atomic E-state index is 12.4. The molecule has 1 N–H and O–H groups in total. The fourth-order valence-electron chi connectivity index (χ4n) is 3.03. The van der Waals surface area contributed by atoms with Crippen molar-refractivity contribution in [2.24, 2.45) is 0 Å². The van der Waals surface area contributed by atoms with E-state index in [-0.39, 0.29) is 11.7 Å². The predicted octanol–water partition coefficient (Wildman–Crippen LogP) is 5.07. The zero-order valence-corrected chi connectivity index (χ0v) is 16.7. The second-order valence-corrected chi connectivity index (χ2v) is 7.71. The number of nitrogens with zero attached hydrogens (tertiary/aromatic N) is 2. The topological polar surface area (TPSA) is 65.8 Å². The first-order chi connectivity index (χ1) is 12.9. The van der Waals surface area contributed by atoms with Gasteiger partial charge in [0.1, 0.15) is 11.1 Å². The average molecular weight is 375 g/mol. The van der Waals surface area contributed by atoms with Gasteiger partial charge in [-0.05, 0) is 68.1 Å². The van der Waals surface area contributed by atoms with E-state index >= 15 is 0 Å². The number of nitrogens with one attached hydrogen (secondary N) is 1. The summed E-state index contributed by atoms with van der Waals surface area (Å²) in [4.78, 5) is 17.0. The summed E-state index contributed by atoms with van der Waals surface area (Å²) in [7, 11) is 0. The van der Waals surface area contributed by atoms with Crippen molar-refractivity contribution in [3.05, 3.63) is 64.2 Å². The van der Waals surface area contributed by atoms with Crippen molar-refractivity contribution in [1.82, 2.24) is 4.98 Å². The fraction of sp³-hybridized carbons (Fsp3) is 0.227. The average Bonchev–Trinajstić information content (AvgIpc) is 2.61. The minimum atomic E-state index is -0.114. The SMILES string of the molecule is Cc1cc(C)cc(NC(=O)CSc2nc3c(C)c(C)ccc3cc2C#N)c1. The number of hydrogen-bond acceptors (Lipinski definition) is 4. The summed E-state index contributed by atoms with van der Waals surface area (Å²) in [6.45, 7) is 8.07. The number of pyridine rings is 1. The molecule has 27 heavy (non-hydrogen) atoms. The molecule has 3 aromatic rings. The first kappa shape index (κ1) is 18.9.